The van der Waals surface area contributed by atoms with Gasteiger partial charge in [0, 0.05) is 54.9 Å². The van der Waals surface area contributed by atoms with E-state index in [-0.39, 0.29) is 24.9 Å². The lowest BCUT2D eigenvalue weighted by atomic mass is 9.92. The molecule has 6 heterocycles. The first-order valence-corrected chi connectivity index (χ1v) is 26.8. The number of ether oxygens (including phenoxy) is 1. The van der Waals surface area contributed by atoms with Gasteiger partial charge in [0.25, 0.3) is 0 Å². The zero-order chi connectivity index (χ0) is 56.4. The molecular formula is C63H53Cl3N6O8. The van der Waals surface area contributed by atoms with Crippen LogP contribution in [-0.4, -0.2) is 67.5 Å². The third-order valence-electron chi connectivity index (χ3n) is 13.8. The standard InChI is InChI=1S/C22H21ClN2O2.C21H17ClN2O3.C20H15ClN2O3/c1-13-19-16-6-4-5-7-17(16)20(14-8-10-15(23)11-9-14)24-18(12-22(2,3)26)21(19)27-25-13;1-12-19-15-5-3-4-6-16(15)20(13-7-9-14(22)10-8-13)23-17(11-18(25)26-2)21(19)27-24-12;1-11-18-14-4-2-3-5-15(14)19(12-6-8-13(21)9-7-12)22-16(10-17(24)25)20(18)26-23-11/h4-11,18,26H,12H2,1-3H3;3-10,17H,11H2,1-2H3;2-9,16H,10H2,1H3,(H,24,25)/t18-;17-;16-/m000/s1. The Morgan fingerprint density at radius 1 is 0.487 bits per heavy atom. The number of carbonyl (C=O) groups is 2. The Balaban J connectivity index is 0.000000135. The summed E-state index contributed by atoms with van der Waals surface area (Å²) in [5.74, 6) is 0.465. The van der Waals surface area contributed by atoms with Gasteiger partial charge in [-0.1, -0.05) is 159 Å². The van der Waals surface area contributed by atoms with Crippen molar-refractivity contribution in [2.75, 3.05) is 7.11 Å². The number of methoxy groups -OCH3 is 1. The van der Waals surface area contributed by atoms with Crippen molar-refractivity contribution in [2.45, 2.75) is 77.6 Å². The van der Waals surface area contributed by atoms with Gasteiger partial charge in [-0.25, -0.2) is 0 Å². The number of aryl methyl sites for hydroxylation is 3. The molecule has 404 valence electrons. The van der Waals surface area contributed by atoms with Crippen molar-refractivity contribution < 1.29 is 38.1 Å². The fraction of sp³-hybridized carbons (Fsp3) is 0.206. The van der Waals surface area contributed by atoms with Gasteiger partial charge in [0.15, 0.2) is 17.3 Å². The number of carboxylic acid groups (broad SMARTS) is 1. The van der Waals surface area contributed by atoms with Crippen LogP contribution in [0, 0.1) is 20.8 Å². The molecule has 3 aliphatic rings. The van der Waals surface area contributed by atoms with E-state index >= 15 is 0 Å². The molecule has 0 unspecified atom stereocenters. The Morgan fingerprint density at radius 2 is 0.787 bits per heavy atom. The highest BCUT2D eigenvalue weighted by atomic mass is 35.5. The van der Waals surface area contributed by atoms with E-state index in [1.165, 1.54) is 7.11 Å². The number of benzene rings is 6. The fourth-order valence-electron chi connectivity index (χ4n) is 10.2. The molecule has 0 spiro atoms. The maximum atomic E-state index is 12.0. The van der Waals surface area contributed by atoms with Gasteiger partial charge in [0.1, 0.15) is 18.1 Å². The molecule has 6 aromatic carbocycles. The van der Waals surface area contributed by atoms with Crippen LogP contribution in [0.4, 0.5) is 0 Å². The van der Waals surface area contributed by atoms with E-state index in [0.29, 0.717) is 44.5 Å². The maximum Gasteiger partial charge on any atom is 0.308 e. The highest BCUT2D eigenvalue weighted by Gasteiger charge is 2.35. The van der Waals surface area contributed by atoms with Crippen LogP contribution < -0.4 is 0 Å². The number of carboxylic acids is 1. The van der Waals surface area contributed by atoms with Gasteiger partial charge >= 0.3 is 11.9 Å². The lowest BCUT2D eigenvalue weighted by molar-refractivity contribution is -0.141. The van der Waals surface area contributed by atoms with E-state index in [1.807, 2.05) is 142 Å². The molecule has 3 aliphatic heterocycles. The molecule has 80 heavy (non-hydrogen) atoms. The number of hydrogen-bond acceptors (Lipinski definition) is 13. The minimum absolute atomic E-state index is 0.0726. The van der Waals surface area contributed by atoms with E-state index in [2.05, 4.69) is 27.6 Å². The monoisotopic (exact) mass is 1130 g/mol. The molecule has 3 aromatic heterocycles. The summed E-state index contributed by atoms with van der Waals surface area (Å²) in [6.07, 6.45) is 0.329. The van der Waals surface area contributed by atoms with Crippen LogP contribution >= 0.6 is 34.8 Å². The summed E-state index contributed by atoms with van der Waals surface area (Å²) in [5, 5.41) is 34.1. The molecular weight excluding hydrogens is 1080 g/mol. The molecule has 0 fully saturated rings. The number of rotatable bonds is 9. The summed E-state index contributed by atoms with van der Waals surface area (Å²) < 4.78 is 21.7. The van der Waals surface area contributed by atoms with Gasteiger partial charge in [0.2, 0.25) is 0 Å². The molecule has 0 saturated carbocycles. The van der Waals surface area contributed by atoms with E-state index < -0.39 is 23.7 Å². The summed E-state index contributed by atoms with van der Waals surface area (Å²) in [7, 11) is 1.37. The highest BCUT2D eigenvalue weighted by Crippen LogP contribution is 2.45. The number of hydrogen-bond donors (Lipinski definition) is 2. The molecule has 2 N–H and O–H groups in total. The first-order chi connectivity index (χ1) is 38.5. The summed E-state index contributed by atoms with van der Waals surface area (Å²) in [6, 6.07) is 44.9. The maximum absolute atomic E-state index is 12.0. The zero-order valence-electron chi connectivity index (χ0n) is 44.4. The Labute approximate surface area is 476 Å². The topological polar surface area (TPSA) is 199 Å². The van der Waals surface area contributed by atoms with Crippen molar-refractivity contribution in [3.8, 4) is 33.4 Å². The van der Waals surface area contributed by atoms with Crippen molar-refractivity contribution in [1.82, 2.24) is 15.5 Å². The third-order valence-corrected chi connectivity index (χ3v) is 14.5. The second-order valence-electron chi connectivity index (χ2n) is 20.1. The average Bonchev–Trinajstić information content (AvgIpc) is 4.08. The number of aliphatic hydroxyl groups is 1. The molecule has 0 bridgehead atoms. The quantitative estimate of drug-likeness (QED) is 0.130. The van der Waals surface area contributed by atoms with E-state index in [9.17, 15) is 19.8 Å². The van der Waals surface area contributed by atoms with Gasteiger partial charge in [-0.3, -0.25) is 24.6 Å². The minimum Gasteiger partial charge on any atom is -0.481 e. The van der Waals surface area contributed by atoms with Gasteiger partial charge in [-0.15, -0.1) is 0 Å². The predicted molar refractivity (Wildman–Crippen MR) is 309 cm³/mol. The van der Waals surface area contributed by atoms with Crippen LogP contribution in [-0.2, 0) is 14.3 Å². The number of aromatic nitrogens is 3. The average molecular weight is 1130 g/mol. The first kappa shape index (κ1) is 55.1. The van der Waals surface area contributed by atoms with Crippen molar-refractivity contribution in [1.29, 1.82) is 0 Å². The van der Waals surface area contributed by atoms with Crippen molar-refractivity contribution in [3.63, 3.8) is 0 Å². The Kier molecular flexibility index (Phi) is 16.0. The Morgan fingerprint density at radius 3 is 1.10 bits per heavy atom. The number of nitrogens with zero attached hydrogens (tertiary/aromatic N) is 6. The van der Waals surface area contributed by atoms with Crippen LogP contribution in [0.2, 0.25) is 15.1 Å². The number of aliphatic imine (C=N–C) groups is 3. The number of carbonyl (C=O) groups excluding carboxylic acids is 1. The number of esters is 1. The van der Waals surface area contributed by atoms with Gasteiger partial charge in [0.05, 0.1) is 76.5 Å². The van der Waals surface area contributed by atoms with Crippen LogP contribution in [0.25, 0.3) is 33.4 Å². The summed E-state index contributed by atoms with van der Waals surface area (Å²) in [5.41, 5.74) is 15.0. The van der Waals surface area contributed by atoms with Crippen molar-refractivity contribution in [3.05, 3.63) is 228 Å². The van der Waals surface area contributed by atoms with Crippen LogP contribution in [0.3, 0.4) is 0 Å². The molecule has 17 heteroatoms. The molecule has 14 nitrogen and oxygen atoms in total. The van der Waals surface area contributed by atoms with Crippen molar-refractivity contribution >= 4 is 63.9 Å². The molecule has 0 amide bonds. The second-order valence-corrected chi connectivity index (χ2v) is 21.4. The Bertz CT molecular complexity index is 3870. The van der Waals surface area contributed by atoms with Crippen LogP contribution in [0.5, 0.6) is 0 Å². The molecule has 0 saturated heterocycles. The molecule has 0 aliphatic carbocycles. The lowest BCUT2D eigenvalue weighted by Crippen LogP contribution is -2.22. The fourth-order valence-corrected chi connectivity index (χ4v) is 10.6. The SMILES string of the molecule is COC(=O)C[C@@H]1N=C(c2ccc(Cl)cc2)c2ccccc2-c2c(C)noc21.Cc1noc2c1-c1ccccc1C(c1ccc(Cl)cc1)=N[C@H]2CC(=O)O.Cc1noc2c1-c1ccccc1C(c1ccc(Cl)cc1)=N[C@H]2CC(C)(C)O. The predicted octanol–water partition coefficient (Wildman–Crippen LogP) is 14.8. The summed E-state index contributed by atoms with van der Waals surface area (Å²) in [4.78, 5) is 38.1. The van der Waals surface area contributed by atoms with Crippen LogP contribution in [0.1, 0.15) is 119 Å². The molecule has 3 atom stereocenters. The number of aliphatic carboxylic acids is 1. The van der Waals surface area contributed by atoms with Crippen LogP contribution in [0.15, 0.2) is 174 Å². The van der Waals surface area contributed by atoms with Gasteiger partial charge in [-0.2, -0.15) is 0 Å². The number of halogens is 3. The normalized spacial score (nSPS) is 15.8. The van der Waals surface area contributed by atoms with E-state index in [4.69, 9.17) is 68.1 Å². The lowest BCUT2D eigenvalue weighted by Gasteiger charge is -2.21. The van der Waals surface area contributed by atoms with Gasteiger partial charge in [-0.05, 0) is 87.7 Å². The first-order valence-electron chi connectivity index (χ1n) is 25.7. The van der Waals surface area contributed by atoms with Crippen molar-refractivity contribution in [2.24, 2.45) is 15.0 Å². The third kappa shape index (κ3) is 11.6. The van der Waals surface area contributed by atoms with Gasteiger partial charge < -0.3 is 28.5 Å². The smallest absolute Gasteiger partial charge is 0.308 e. The largest absolute Gasteiger partial charge is 0.481 e. The molecule has 0 radical (unpaired) electrons. The highest BCUT2D eigenvalue weighted by molar-refractivity contribution is 6.31. The van der Waals surface area contributed by atoms with E-state index in [1.54, 1.807) is 26.0 Å². The summed E-state index contributed by atoms with van der Waals surface area (Å²) >= 11 is 18.1. The Hall–Kier alpha value is -8.27. The molecule has 12 rings (SSSR count). The molecule has 9 aromatic rings. The number of fused-ring (bicyclic) bond motifs is 9. The second kappa shape index (κ2) is 23.2. The minimum atomic E-state index is -0.944. The van der Waals surface area contributed by atoms with E-state index in [0.717, 1.165) is 95.3 Å². The zero-order valence-corrected chi connectivity index (χ0v) is 46.6. The summed E-state index contributed by atoms with van der Waals surface area (Å²) in [6.45, 7) is 9.25.